The zero-order valence-corrected chi connectivity index (χ0v) is 11.9. The average Bonchev–Trinajstić information content (AvgIpc) is 2.70. The smallest absolute Gasteiger partial charge is 0.0900 e. The van der Waals surface area contributed by atoms with Crippen molar-refractivity contribution in [2.45, 2.75) is 59.2 Å². The minimum atomic E-state index is -0.345. The van der Waals surface area contributed by atoms with Crippen LogP contribution in [0.4, 0.5) is 0 Å². The minimum Gasteiger partial charge on any atom is -0.389 e. The van der Waals surface area contributed by atoms with Crippen LogP contribution in [0.1, 0.15) is 47.0 Å². The summed E-state index contributed by atoms with van der Waals surface area (Å²) >= 11 is 0. The van der Waals surface area contributed by atoms with E-state index in [0.29, 0.717) is 12.0 Å². The molecular weight excluding hydrogens is 214 g/mol. The van der Waals surface area contributed by atoms with E-state index >= 15 is 0 Å². The molecule has 0 spiro atoms. The highest BCUT2D eigenvalue weighted by Gasteiger charge is 2.35. The number of ether oxygens (including phenoxy) is 1. The summed E-state index contributed by atoms with van der Waals surface area (Å²) in [7, 11) is 0. The topological polar surface area (TPSA) is 32.7 Å². The molecule has 1 saturated heterocycles. The lowest BCUT2D eigenvalue weighted by Gasteiger charge is -2.27. The number of aliphatic hydroxyl groups is 1. The summed E-state index contributed by atoms with van der Waals surface area (Å²) in [5, 5.41) is 9.91. The van der Waals surface area contributed by atoms with Crippen molar-refractivity contribution >= 4 is 0 Å². The summed E-state index contributed by atoms with van der Waals surface area (Å²) in [4.78, 5) is 2.39. The van der Waals surface area contributed by atoms with E-state index in [1.54, 1.807) is 0 Å². The fourth-order valence-electron chi connectivity index (χ4n) is 2.67. The molecule has 0 radical (unpaired) electrons. The molecule has 1 N–H and O–H groups in total. The summed E-state index contributed by atoms with van der Waals surface area (Å²) in [6, 6.07) is 0. The average molecular weight is 243 g/mol. The third-order valence-corrected chi connectivity index (χ3v) is 4.11. The summed E-state index contributed by atoms with van der Waals surface area (Å²) in [5.41, 5.74) is 0.499. The van der Waals surface area contributed by atoms with Gasteiger partial charge >= 0.3 is 0 Å². The molecule has 0 amide bonds. The largest absolute Gasteiger partial charge is 0.389 e. The van der Waals surface area contributed by atoms with Gasteiger partial charge in [0.15, 0.2) is 0 Å². The Morgan fingerprint density at radius 1 is 1.29 bits per heavy atom. The van der Waals surface area contributed by atoms with Crippen LogP contribution in [0.15, 0.2) is 0 Å². The van der Waals surface area contributed by atoms with E-state index in [1.807, 2.05) is 13.8 Å². The third kappa shape index (κ3) is 4.57. The maximum absolute atomic E-state index is 9.91. The molecule has 0 aromatic carbocycles. The van der Waals surface area contributed by atoms with Crippen molar-refractivity contribution in [3.8, 4) is 0 Å². The Bertz CT molecular complexity index is 214. The van der Waals surface area contributed by atoms with E-state index in [0.717, 1.165) is 19.6 Å². The van der Waals surface area contributed by atoms with Gasteiger partial charge in [-0.1, -0.05) is 13.8 Å². The summed E-state index contributed by atoms with van der Waals surface area (Å²) in [5.74, 6) is 0. The highest BCUT2D eigenvalue weighted by molar-refractivity contribution is 4.88. The van der Waals surface area contributed by atoms with Gasteiger partial charge in [-0.15, -0.1) is 0 Å². The van der Waals surface area contributed by atoms with Crippen molar-refractivity contribution in [2.75, 3.05) is 26.2 Å². The van der Waals surface area contributed by atoms with Crippen LogP contribution in [0.25, 0.3) is 0 Å². The van der Waals surface area contributed by atoms with E-state index in [1.165, 1.54) is 19.3 Å². The van der Waals surface area contributed by atoms with Crippen LogP contribution in [-0.2, 0) is 4.74 Å². The molecule has 102 valence electrons. The van der Waals surface area contributed by atoms with Crippen molar-refractivity contribution in [2.24, 2.45) is 5.41 Å². The van der Waals surface area contributed by atoms with Gasteiger partial charge in [0.2, 0.25) is 0 Å². The fraction of sp³-hybridized carbons (Fsp3) is 1.00. The lowest BCUT2D eigenvalue weighted by molar-refractivity contribution is -0.00708. The Morgan fingerprint density at radius 3 is 2.41 bits per heavy atom. The molecule has 1 heterocycles. The molecule has 1 aliphatic heterocycles. The highest BCUT2D eigenvalue weighted by atomic mass is 16.5. The molecule has 0 bridgehead atoms. The molecule has 0 saturated carbocycles. The highest BCUT2D eigenvalue weighted by Crippen LogP contribution is 2.36. The quantitative estimate of drug-likeness (QED) is 0.744. The van der Waals surface area contributed by atoms with Gasteiger partial charge in [0.1, 0.15) is 0 Å². The lowest BCUT2D eigenvalue weighted by Crippen LogP contribution is -2.35. The molecule has 1 rings (SSSR count). The van der Waals surface area contributed by atoms with Crippen molar-refractivity contribution in [3.05, 3.63) is 0 Å². The molecule has 17 heavy (non-hydrogen) atoms. The second-order valence-electron chi connectivity index (χ2n) is 5.73. The van der Waals surface area contributed by atoms with E-state index in [9.17, 15) is 5.11 Å². The van der Waals surface area contributed by atoms with E-state index in [2.05, 4.69) is 18.7 Å². The van der Waals surface area contributed by atoms with E-state index in [4.69, 9.17) is 4.74 Å². The maximum atomic E-state index is 9.91. The Kier molecular flexibility index (Phi) is 5.90. The number of likely N-dealkylation sites (tertiary alicyclic amines) is 1. The van der Waals surface area contributed by atoms with Crippen LogP contribution in [0.2, 0.25) is 0 Å². The second kappa shape index (κ2) is 6.72. The van der Waals surface area contributed by atoms with Crippen molar-refractivity contribution in [3.63, 3.8) is 0 Å². The minimum absolute atomic E-state index is 0.202. The van der Waals surface area contributed by atoms with Crippen LogP contribution < -0.4 is 0 Å². The number of hydrogen-bond acceptors (Lipinski definition) is 3. The van der Waals surface area contributed by atoms with Crippen LogP contribution in [0.5, 0.6) is 0 Å². The monoisotopic (exact) mass is 243 g/mol. The predicted octanol–water partition coefficient (Wildman–Crippen LogP) is 2.28. The van der Waals surface area contributed by atoms with Gasteiger partial charge in [-0.25, -0.2) is 0 Å². The molecule has 0 aliphatic carbocycles. The number of aliphatic hydroxyl groups excluding tert-OH is 1. The van der Waals surface area contributed by atoms with Gasteiger partial charge in [-0.05, 0) is 45.1 Å². The number of nitrogens with zero attached hydrogens (tertiary/aromatic N) is 1. The van der Waals surface area contributed by atoms with Crippen LogP contribution in [0, 0.1) is 5.41 Å². The molecule has 1 unspecified atom stereocenters. The van der Waals surface area contributed by atoms with Gasteiger partial charge in [0.25, 0.3) is 0 Å². The Balaban J connectivity index is 2.29. The first kappa shape index (κ1) is 14.9. The molecule has 3 nitrogen and oxygen atoms in total. The molecular formula is C14H29NO2. The summed E-state index contributed by atoms with van der Waals surface area (Å²) < 4.78 is 5.44. The SMILES string of the molecule is CCC1(CC)CCN(CC(O)COC(C)C)C1. The Labute approximate surface area is 106 Å². The standard InChI is InChI=1S/C14H29NO2/c1-5-14(6-2)7-8-15(11-14)9-13(16)10-17-12(3)4/h12-13,16H,5-11H2,1-4H3. The lowest BCUT2D eigenvalue weighted by atomic mass is 9.82. The van der Waals surface area contributed by atoms with E-state index in [-0.39, 0.29) is 12.2 Å². The van der Waals surface area contributed by atoms with Gasteiger partial charge in [-0.2, -0.15) is 0 Å². The first-order chi connectivity index (χ1) is 8.01. The maximum Gasteiger partial charge on any atom is 0.0900 e. The number of β-amino-alcohol motifs (C(OH)–C–C–N with tert-alkyl or cyclic N) is 1. The predicted molar refractivity (Wildman–Crippen MR) is 71.2 cm³/mol. The first-order valence-electron chi connectivity index (χ1n) is 7.03. The van der Waals surface area contributed by atoms with Crippen LogP contribution >= 0.6 is 0 Å². The Morgan fingerprint density at radius 2 is 1.94 bits per heavy atom. The number of rotatable bonds is 7. The van der Waals surface area contributed by atoms with Gasteiger partial charge < -0.3 is 14.7 Å². The van der Waals surface area contributed by atoms with Crippen molar-refractivity contribution < 1.29 is 9.84 Å². The molecule has 0 aromatic heterocycles. The van der Waals surface area contributed by atoms with E-state index < -0.39 is 0 Å². The summed E-state index contributed by atoms with van der Waals surface area (Å²) in [6.07, 6.45) is 3.63. The fourth-order valence-corrected chi connectivity index (χ4v) is 2.67. The van der Waals surface area contributed by atoms with Crippen LogP contribution in [0.3, 0.4) is 0 Å². The van der Waals surface area contributed by atoms with Gasteiger partial charge in [-0.3, -0.25) is 0 Å². The zero-order chi connectivity index (χ0) is 12.9. The second-order valence-corrected chi connectivity index (χ2v) is 5.73. The molecule has 3 heteroatoms. The summed E-state index contributed by atoms with van der Waals surface area (Å²) in [6.45, 7) is 12.0. The normalized spacial score (nSPS) is 22.2. The third-order valence-electron chi connectivity index (χ3n) is 4.11. The molecule has 1 fully saturated rings. The molecule has 1 atom stereocenters. The van der Waals surface area contributed by atoms with Gasteiger partial charge in [0.05, 0.1) is 18.8 Å². The van der Waals surface area contributed by atoms with Crippen molar-refractivity contribution in [1.29, 1.82) is 0 Å². The molecule has 1 aliphatic rings. The Hall–Kier alpha value is -0.120. The van der Waals surface area contributed by atoms with Gasteiger partial charge in [0, 0.05) is 13.1 Å². The first-order valence-corrected chi connectivity index (χ1v) is 7.03. The zero-order valence-electron chi connectivity index (χ0n) is 11.9. The van der Waals surface area contributed by atoms with Crippen molar-refractivity contribution in [1.82, 2.24) is 4.90 Å². The molecule has 0 aromatic rings. The number of hydrogen-bond donors (Lipinski definition) is 1. The van der Waals surface area contributed by atoms with Crippen LogP contribution in [-0.4, -0.2) is 48.5 Å².